The molecular weight excluding hydrogens is 404 g/mol. The van der Waals surface area contributed by atoms with Gasteiger partial charge in [0.1, 0.15) is 16.9 Å². The summed E-state index contributed by atoms with van der Waals surface area (Å²) in [6, 6.07) is 10.1. The highest BCUT2D eigenvalue weighted by atomic mass is 16.6. The molecule has 8 nitrogen and oxygen atoms in total. The van der Waals surface area contributed by atoms with Crippen molar-refractivity contribution < 1.29 is 9.53 Å². The van der Waals surface area contributed by atoms with E-state index in [4.69, 9.17) is 14.7 Å². The third kappa shape index (κ3) is 3.70. The lowest BCUT2D eigenvalue weighted by Gasteiger charge is -2.35. The number of likely N-dealkylation sites (tertiary alicyclic amines) is 1. The largest absolute Gasteiger partial charge is 0.444 e. The average molecular weight is 433 g/mol. The van der Waals surface area contributed by atoms with Crippen LogP contribution in [0.3, 0.4) is 0 Å². The number of hydrogen-bond acceptors (Lipinski definition) is 5. The Morgan fingerprint density at radius 2 is 2.00 bits per heavy atom. The topological polar surface area (TPSA) is 77.5 Å². The number of aryl methyl sites for hydroxylation is 1. The predicted molar refractivity (Wildman–Crippen MR) is 123 cm³/mol. The van der Waals surface area contributed by atoms with Crippen molar-refractivity contribution in [1.29, 1.82) is 0 Å². The summed E-state index contributed by atoms with van der Waals surface area (Å²) in [4.78, 5) is 24.2. The van der Waals surface area contributed by atoms with Crippen LogP contribution in [0.15, 0.2) is 42.7 Å². The van der Waals surface area contributed by atoms with Gasteiger partial charge in [-0.05, 0) is 64.8 Å². The Bertz CT molecular complexity index is 1300. The summed E-state index contributed by atoms with van der Waals surface area (Å²) in [5.74, 6) is 0.903. The van der Waals surface area contributed by atoms with Gasteiger partial charge in [-0.25, -0.2) is 19.3 Å². The van der Waals surface area contributed by atoms with E-state index in [9.17, 15) is 4.79 Å². The van der Waals surface area contributed by atoms with Crippen LogP contribution in [-0.4, -0.2) is 53.8 Å². The minimum absolute atomic E-state index is 0.105. The van der Waals surface area contributed by atoms with E-state index in [1.54, 1.807) is 4.90 Å². The first kappa shape index (κ1) is 20.5. The van der Waals surface area contributed by atoms with Crippen LogP contribution in [0.4, 0.5) is 4.79 Å². The number of rotatable bonds is 2. The van der Waals surface area contributed by atoms with Crippen molar-refractivity contribution in [3.8, 4) is 11.3 Å². The molecule has 8 heteroatoms. The summed E-state index contributed by atoms with van der Waals surface area (Å²) >= 11 is 0. The van der Waals surface area contributed by atoms with Crippen LogP contribution in [0.5, 0.6) is 0 Å². The maximum atomic E-state index is 12.7. The number of fused-ring (bicyclic) bond motifs is 2. The molecule has 0 N–H and O–H groups in total. The molecule has 0 aromatic carbocycles. The second-order valence-corrected chi connectivity index (χ2v) is 9.38. The first-order valence-electron chi connectivity index (χ1n) is 11.1. The van der Waals surface area contributed by atoms with Crippen LogP contribution < -0.4 is 0 Å². The molecule has 1 fully saturated rings. The van der Waals surface area contributed by atoms with Gasteiger partial charge in [0.2, 0.25) is 0 Å². The van der Waals surface area contributed by atoms with Gasteiger partial charge in [-0.2, -0.15) is 5.10 Å². The number of pyridine rings is 2. The molecule has 1 aliphatic heterocycles. The van der Waals surface area contributed by atoms with Gasteiger partial charge in [-0.15, -0.1) is 0 Å². The van der Waals surface area contributed by atoms with Crippen molar-refractivity contribution in [3.63, 3.8) is 0 Å². The smallest absolute Gasteiger partial charge is 0.410 e. The molecule has 1 saturated heterocycles. The number of ether oxygens (including phenoxy) is 1. The zero-order chi connectivity index (χ0) is 22.5. The maximum Gasteiger partial charge on any atom is 0.410 e. The van der Waals surface area contributed by atoms with Crippen molar-refractivity contribution in [3.05, 3.63) is 48.5 Å². The minimum atomic E-state index is -0.507. The molecule has 0 saturated carbocycles. The molecule has 0 radical (unpaired) electrons. The highest BCUT2D eigenvalue weighted by Gasteiger charge is 2.30. The first-order valence-corrected chi connectivity index (χ1v) is 11.1. The van der Waals surface area contributed by atoms with Crippen molar-refractivity contribution in [1.82, 2.24) is 29.0 Å². The molecule has 0 spiro atoms. The Balaban J connectivity index is 1.51. The Morgan fingerprint density at radius 3 is 2.81 bits per heavy atom. The van der Waals surface area contributed by atoms with E-state index < -0.39 is 5.60 Å². The fourth-order valence-electron chi connectivity index (χ4n) is 4.46. The monoisotopic (exact) mass is 432 g/mol. The quantitative estimate of drug-likeness (QED) is 0.462. The van der Waals surface area contributed by atoms with E-state index in [1.165, 1.54) is 0 Å². The Kier molecular flexibility index (Phi) is 4.87. The van der Waals surface area contributed by atoms with E-state index in [1.807, 2.05) is 74.9 Å². The van der Waals surface area contributed by atoms with Gasteiger partial charge < -0.3 is 14.2 Å². The number of piperidine rings is 1. The Hall–Kier alpha value is -3.42. The molecule has 5 rings (SSSR count). The zero-order valence-corrected chi connectivity index (χ0v) is 18.9. The van der Waals surface area contributed by atoms with Crippen LogP contribution in [0.25, 0.3) is 27.9 Å². The molecule has 5 heterocycles. The minimum Gasteiger partial charge on any atom is -0.444 e. The van der Waals surface area contributed by atoms with Gasteiger partial charge in [0, 0.05) is 24.8 Å². The molecule has 1 atom stereocenters. The number of amides is 1. The molecule has 1 amide bonds. The highest BCUT2D eigenvalue weighted by molar-refractivity contribution is 5.82. The summed E-state index contributed by atoms with van der Waals surface area (Å²) in [5, 5.41) is 4.45. The van der Waals surface area contributed by atoms with Crippen molar-refractivity contribution >= 4 is 22.8 Å². The number of aromatic nitrogens is 5. The first-order chi connectivity index (χ1) is 15.3. The fraction of sp³-hybridized carbons (Fsp3) is 0.417. The Morgan fingerprint density at radius 1 is 1.16 bits per heavy atom. The summed E-state index contributed by atoms with van der Waals surface area (Å²) in [7, 11) is 0. The molecule has 166 valence electrons. The van der Waals surface area contributed by atoms with E-state index in [-0.39, 0.29) is 12.1 Å². The lowest BCUT2D eigenvalue weighted by molar-refractivity contribution is 0.0173. The number of nitrogens with zero attached hydrogens (tertiary/aromatic N) is 6. The number of hydrogen-bond donors (Lipinski definition) is 0. The predicted octanol–water partition coefficient (Wildman–Crippen LogP) is 4.63. The molecule has 32 heavy (non-hydrogen) atoms. The highest BCUT2D eigenvalue weighted by Crippen LogP contribution is 2.30. The van der Waals surface area contributed by atoms with Crippen LogP contribution in [0.2, 0.25) is 0 Å². The van der Waals surface area contributed by atoms with Gasteiger partial charge in [0.05, 0.1) is 23.4 Å². The van der Waals surface area contributed by atoms with Crippen molar-refractivity contribution in [2.45, 2.75) is 52.2 Å². The number of carbonyl (C=O) groups is 1. The van der Waals surface area contributed by atoms with E-state index in [0.717, 1.165) is 46.6 Å². The normalized spacial score (nSPS) is 17.2. The summed E-state index contributed by atoms with van der Waals surface area (Å²) in [5.41, 5.74) is 4.04. The van der Waals surface area contributed by atoms with Crippen molar-refractivity contribution in [2.24, 2.45) is 0 Å². The number of imidazole rings is 1. The molecule has 4 aromatic rings. The van der Waals surface area contributed by atoms with E-state index >= 15 is 0 Å². The van der Waals surface area contributed by atoms with Gasteiger partial charge in [0.15, 0.2) is 5.65 Å². The van der Waals surface area contributed by atoms with Crippen LogP contribution >= 0.6 is 0 Å². The SMILES string of the molecule is Cc1nc2ccc(-c3cnn4ccccc34)nc2n1[C@H]1CCCN(C(=O)OC(C)(C)C)C1. The summed E-state index contributed by atoms with van der Waals surface area (Å²) < 4.78 is 9.64. The van der Waals surface area contributed by atoms with Crippen LogP contribution in [-0.2, 0) is 4.74 Å². The average Bonchev–Trinajstić information content (AvgIpc) is 3.32. The molecular formula is C24H28N6O2. The molecule has 4 aromatic heterocycles. The third-order valence-electron chi connectivity index (χ3n) is 5.83. The van der Waals surface area contributed by atoms with Gasteiger partial charge >= 0.3 is 6.09 Å². The molecule has 0 unspecified atom stereocenters. The molecule has 1 aliphatic rings. The third-order valence-corrected chi connectivity index (χ3v) is 5.83. The lowest BCUT2D eigenvalue weighted by atomic mass is 10.1. The van der Waals surface area contributed by atoms with E-state index in [2.05, 4.69) is 9.67 Å². The second-order valence-electron chi connectivity index (χ2n) is 9.38. The molecule has 0 aliphatic carbocycles. The van der Waals surface area contributed by atoms with E-state index in [0.29, 0.717) is 13.1 Å². The number of carbonyl (C=O) groups excluding carboxylic acids is 1. The standard InChI is InChI=1S/C24H28N6O2/c1-16-26-20-11-10-19(18-14-25-29-13-6-5-9-21(18)29)27-22(20)30(16)17-8-7-12-28(15-17)23(31)32-24(2,3)4/h5-6,9-11,13-14,17H,7-8,12,15H2,1-4H3/t17-/m0/s1. The van der Waals surface area contributed by atoms with Crippen LogP contribution in [0, 0.1) is 6.92 Å². The van der Waals surface area contributed by atoms with Crippen molar-refractivity contribution in [2.75, 3.05) is 13.1 Å². The fourth-order valence-corrected chi connectivity index (χ4v) is 4.46. The Labute approximate surface area is 186 Å². The van der Waals surface area contributed by atoms with Crippen LogP contribution in [0.1, 0.15) is 45.5 Å². The zero-order valence-electron chi connectivity index (χ0n) is 18.9. The summed E-state index contributed by atoms with van der Waals surface area (Å²) in [6.07, 6.45) is 5.40. The molecule has 0 bridgehead atoms. The van der Waals surface area contributed by atoms with Gasteiger partial charge in [-0.3, -0.25) is 0 Å². The van der Waals surface area contributed by atoms with Gasteiger partial charge in [-0.1, -0.05) is 6.07 Å². The second kappa shape index (κ2) is 7.62. The maximum absolute atomic E-state index is 12.7. The summed E-state index contributed by atoms with van der Waals surface area (Å²) in [6.45, 7) is 8.98. The lowest BCUT2D eigenvalue weighted by Crippen LogP contribution is -2.43. The van der Waals surface area contributed by atoms with Gasteiger partial charge in [0.25, 0.3) is 0 Å².